The van der Waals surface area contributed by atoms with Crippen LogP contribution in [0.4, 0.5) is 17.7 Å². The summed E-state index contributed by atoms with van der Waals surface area (Å²) in [6, 6.07) is 0.325. The van der Waals surface area contributed by atoms with E-state index in [1.807, 2.05) is 0 Å². The van der Waals surface area contributed by atoms with Gasteiger partial charge < -0.3 is 30.5 Å². The highest BCUT2D eigenvalue weighted by atomic mass is 16.5. The van der Waals surface area contributed by atoms with Gasteiger partial charge in [-0.05, 0) is 13.3 Å². The number of likely N-dealkylation sites (tertiary alicyclic amines) is 1. The molecule has 0 aromatic carbocycles. The summed E-state index contributed by atoms with van der Waals surface area (Å²) in [6.07, 6.45) is 4.20. The number of nitrogens with one attached hydrogen (secondary N) is 1. The fraction of sp³-hybridized carbons (Fsp3) is 0.545. The lowest BCUT2D eigenvalue weighted by Gasteiger charge is -2.44. The third-order valence-electron chi connectivity index (χ3n) is 6.56. The van der Waals surface area contributed by atoms with E-state index in [0.29, 0.717) is 38.8 Å². The van der Waals surface area contributed by atoms with Crippen molar-refractivity contribution in [2.24, 2.45) is 0 Å². The van der Waals surface area contributed by atoms with Crippen molar-refractivity contribution in [3.05, 3.63) is 18.0 Å². The number of amides is 2. The zero-order valence-corrected chi connectivity index (χ0v) is 19.4. The highest BCUT2D eigenvalue weighted by molar-refractivity contribution is 5.84. The van der Waals surface area contributed by atoms with Gasteiger partial charge >= 0.3 is 0 Å². The second-order valence-corrected chi connectivity index (χ2v) is 8.93. The number of hydrogen-bond donors (Lipinski definition) is 2. The Hall–Kier alpha value is -3.54. The van der Waals surface area contributed by atoms with Crippen LogP contribution < -0.4 is 20.9 Å². The minimum atomic E-state index is -0.209. The number of anilines is 3. The van der Waals surface area contributed by atoms with Crippen molar-refractivity contribution in [3.8, 4) is 11.3 Å². The van der Waals surface area contributed by atoms with E-state index in [-0.39, 0.29) is 36.4 Å². The molecular weight excluding hydrogens is 438 g/mol. The van der Waals surface area contributed by atoms with Gasteiger partial charge in [-0.2, -0.15) is 4.98 Å². The molecule has 12 nitrogen and oxygen atoms in total. The molecule has 3 aliphatic heterocycles. The molecule has 34 heavy (non-hydrogen) atoms. The Balaban J connectivity index is 1.43. The standard InChI is InChI=1S/C22H29N9O3/c1-13-12-34-6-5-30(13)22-27-19(15-7-25-21(23)26-8-15)17-3-4-31(20(17)28-22)16-10-29(11-16)18(33)9-24-14(2)32/h7-8,13,16H,3-6,9-12H2,1-2H3,(H,24,32)(H2,23,25,26). The smallest absolute Gasteiger partial charge is 0.242 e. The molecule has 2 aromatic rings. The largest absolute Gasteiger partial charge is 0.377 e. The number of nitrogen functional groups attached to an aromatic ring is 1. The van der Waals surface area contributed by atoms with E-state index >= 15 is 0 Å². The number of nitrogens with zero attached hydrogens (tertiary/aromatic N) is 7. The molecular formula is C22H29N9O3. The van der Waals surface area contributed by atoms with Crippen LogP contribution in [0.3, 0.4) is 0 Å². The molecule has 0 bridgehead atoms. The van der Waals surface area contributed by atoms with Crippen LogP contribution >= 0.6 is 0 Å². The summed E-state index contributed by atoms with van der Waals surface area (Å²) in [5.41, 5.74) is 8.38. The molecule has 2 amide bonds. The van der Waals surface area contributed by atoms with Gasteiger partial charge in [0.05, 0.1) is 37.5 Å². The third kappa shape index (κ3) is 4.20. The molecule has 1 unspecified atom stereocenters. The second-order valence-electron chi connectivity index (χ2n) is 8.93. The number of ether oxygens (including phenoxy) is 1. The van der Waals surface area contributed by atoms with E-state index in [9.17, 15) is 9.59 Å². The highest BCUT2D eigenvalue weighted by Gasteiger charge is 2.40. The predicted molar refractivity (Wildman–Crippen MR) is 125 cm³/mol. The van der Waals surface area contributed by atoms with Crippen LogP contribution in [-0.4, -0.2) is 94.7 Å². The maximum atomic E-state index is 12.3. The van der Waals surface area contributed by atoms with E-state index in [2.05, 4.69) is 32.0 Å². The Morgan fingerprint density at radius 3 is 2.65 bits per heavy atom. The number of fused-ring (bicyclic) bond motifs is 1. The van der Waals surface area contributed by atoms with Gasteiger partial charge in [-0.1, -0.05) is 0 Å². The van der Waals surface area contributed by atoms with Crippen molar-refractivity contribution < 1.29 is 14.3 Å². The Kier molecular flexibility index (Phi) is 5.90. The first-order chi connectivity index (χ1) is 16.4. The molecule has 3 N–H and O–H groups in total. The molecule has 180 valence electrons. The molecule has 1 atom stereocenters. The molecule has 0 saturated carbocycles. The van der Waals surface area contributed by atoms with Crippen LogP contribution in [-0.2, 0) is 20.7 Å². The number of hydrogen-bond acceptors (Lipinski definition) is 10. The Labute approximate surface area is 197 Å². The number of rotatable bonds is 5. The van der Waals surface area contributed by atoms with Gasteiger partial charge in [-0.25, -0.2) is 15.0 Å². The Morgan fingerprint density at radius 2 is 1.94 bits per heavy atom. The molecule has 2 fully saturated rings. The van der Waals surface area contributed by atoms with Crippen molar-refractivity contribution in [1.29, 1.82) is 0 Å². The molecule has 5 heterocycles. The third-order valence-corrected chi connectivity index (χ3v) is 6.56. The van der Waals surface area contributed by atoms with Gasteiger partial charge in [0, 0.05) is 56.6 Å². The van der Waals surface area contributed by atoms with Gasteiger partial charge in [0.25, 0.3) is 0 Å². The zero-order valence-electron chi connectivity index (χ0n) is 19.4. The minimum absolute atomic E-state index is 0.0289. The molecule has 0 spiro atoms. The fourth-order valence-corrected chi connectivity index (χ4v) is 4.64. The Morgan fingerprint density at radius 1 is 1.18 bits per heavy atom. The van der Waals surface area contributed by atoms with E-state index in [4.69, 9.17) is 20.4 Å². The van der Waals surface area contributed by atoms with Gasteiger partial charge in [0.1, 0.15) is 5.82 Å². The van der Waals surface area contributed by atoms with Crippen LogP contribution in [0.15, 0.2) is 12.4 Å². The van der Waals surface area contributed by atoms with E-state index < -0.39 is 0 Å². The molecule has 2 aromatic heterocycles. The van der Waals surface area contributed by atoms with Gasteiger partial charge in [0.15, 0.2) is 0 Å². The van der Waals surface area contributed by atoms with Crippen LogP contribution in [0, 0.1) is 0 Å². The molecule has 2 saturated heterocycles. The average Bonchev–Trinajstić information content (AvgIpc) is 3.20. The molecule has 12 heteroatoms. The monoisotopic (exact) mass is 467 g/mol. The first-order valence-electron chi connectivity index (χ1n) is 11.5. The number of aromatic nitrogens is 4. The van der Waals surface area contributed by atoms with Crippen LogP contribution in [0.1, 0.15) is 19.4 Å². The maximum absolute atomic E-state index is 12.3. The lowest BCUT2D eigenvalue weighted by Crippen LogP contribution is -2.62. The first kappa shape index (κ1) is 22.3. The van der Waals surface area contributed by atoms with Gasteiger partial charge in [-0.15, -0.1) is 0 Å². The fourth-order valence-electron chi connectivity index (χ4n) is 4.64. The summed E-state index contributed by atoms with van der Waals surface area (Å²) in [5.74, 6) is 1.49. The SMILES string of the molecule is CC(=O)NCC(=O)N1CC(N2CCc3c(-c4cnc(N)nc4)nc(N4CCOCC4C)nc32)C1. The molecule has 0 radical (unpaired) electrons. The quantitative estimate of drug-likeness (QED) is 0.588. The average molecular weight is 468 g/mol. The number of nitrogens with two attached hydrogens (primary N) is 1. The van der Waals surface area contributed by atoms with Crippen molar-refractivity contribution in [2.45, 2.75) is 32.4 Å². The maximum Gasteiger partial charge on any atom is 0.242 e. The minimum Gasteiger partial charge on any atom is -0.377 e. The lowest BCUT2D eigenvalue weighted by atomic mass is 10.1. The first-order valence-corrected chi connectivity index (χ1v) is 11.5. The van der Waals surface area contributed by atoms with Gasteiger partial charge in [-0.3, -0.25) is 9.59 Å². The number of morpholine rings is 1. The van der Waals surface area contributed by atoms with Crippen LogP contribution in [0.25, 0.3) is 11.3 Å². The van der Waals surface area contributed by atoms with Crippen LogP contribution in [0.2, 0.25) is 0 Å². The summed E-state index contributed by atoms with van der Waals surface area (Å²) < 4.78 is 5.60. The summed E-state index contributed by atoms with van der Waals surface area (Å²) in [4.78, 5) is 47.9. The highest BCUT2D eigenvalue weighted by Crippen LogP contribution is 2.38. The van der Waals surface area contributed by atoms with Crippen molar-refractivity contribution in [3.63, 3.8) is 0 Å². The van der Waals surface area contributed by atoms with Gasteiger partial charge in [0.2, 0.25) is 23.7 Å². The second kappa shape index (κ2) is 9.01. The molecule has 5 rings (SSSR count). The summed E-state index contributed by atoms with van der Waals surface area (Å²) >= 11 is 0. The lowest BCUT2D eigenvalue weighted by molar-refractivity contribution is -0.136. The van der Waals surface area contributed by atoms with Crippen LogP contribution in [0.5, 0.6) is 0 Å². The number of carbonyl (C=O) groups is 2. The van der Waals surface area contributed by atoms with E-state index in [0.717, 1.165) is 35.6 Å². The van der Waals surface area contributed by atoms with Crippen molar-refractivity contribution >= 4 is 29.5 Å². The predicted octanol–water partition coefficient (Wildman–Crippen LogP) is -0.550. The number of carbonyl (C=O) groups excluding carboxylic acids is 2. The zero-order chi connectivity index (χ0) is 23.8. The Bertz CT molecular complexity index is 1090. The van der Waals surface area contributed by atoms with Crippen molar-refractivity contribution in [2.75, 3.05) is 61.5 Å². The normalized spacial score (nSPS) is 20.2. The molecule has 0 aliphatic carbocycles. The van der Waals surface area contributed by atoms with Crippen molar-refractivity contribution in [1.82, 2.24) is 30.2 Å². The summed E-state index contributed by atoms with van der Waals surface area (Å²) in [7, 11) is 0. The summed E-state index contributed by atoms with van der Waals surface area (Å²) in [5, 5.41) is 2.57. The van der Waals surface area contributed by atoms with E-state index in [1.54, 1.807) is 17.3 Å². The molecule has 3 aliphatic rings. The van der Waals surface area contributed by atoms with E-state index in [1.165, 1.54) is 6.92 Å². The topological polar surface area (TPSA) is 143 Å². The summed E-state index contributed by atoms with van der Waals surface area (Å²) in [6.45, 7) is 7.51.